The normalized spacial score (nSPS) is 30.1. The average Bonchev–Trinajstić information content (AvgIpc) is 3.20. The summed E-state index contributed by atoms with van der Waals surface area (Å²) in [4.78, 5) is 10.9. The molecule has 0 spiro atoms. The Bertz CT molecular complexity index is 752. The van der Waals surface area contributed by atoms with Crippen molar-refractivity contribution in [3.63, 3.8) is 0 Å². The second kappa shape index (κ2) is 8.88. The third kappa shape index (κ3) is 4.51. The summed E-state index contributed by atoms with van der Waals surface area (Å²) in [5.74, 6) is 0.567. The number of hydrogen-bond donors (Lipinski definition) is 3. The topological polar surface area (TPSA) is 87.0 Å². The van der Waals surface area contributed by atoms with E-state index in [-0.39, 0.29) is 24.4 Å². The van der Waals surface area contributed by atoms with Crippen molar-refractivity contribution in [3.8, 4) is 5.75 Å². The maximum Gasteiger partial charge on any atom is 0.303 e. The summed E-state index contributed by atoms with van der Waals surface area (Å²) in [5.41, 5.74) is 1.99. The molecule has 0 bridgehead atoms. The van der Waals surface area contributed by atoms with E-state index < -0.39 is 18.2 Å². The highest BCUT2D eigenvalue weighted by atomic mass is 16.5. The van der Waals surface area contributed by atoms with Crippen molar-refractivity contribution in [3.05, 3.63) is 41.5 Å². The van der Waals surface area contributed by atoms with Gasteiger partial charge in [0.05, 0.1) is 12.2 Å². The van der Waals surface area contributed by atoms with Gasteiger partial charge in [-0.1, -0.05) is 62.5 Å². The SMILES string of the molecule is O=C(O)CCc1cccc2c1O[C@H]1C[C@@H](O)C(/C=C/[C@@H](O)CC3CCCCC3)[C@@H]21. The van der Waals surface area contributed by atoms with Crippen LogP contribution in [0.5, 0.6) is 5.75 Å². The van der Waals surface area contributed by atoms with Gasteiger partial charge in [0.15, 0.2) is 0 Å². The Morgan fingerprint density at radius 3 is 2.79 bits per heavy atom. The van der Waals surface area contributed by atoms with Crippen molar-refractivity contribution < 1.29 is 24.9 Å². The van der Waals surface area contributed by atoms with Gasteiger partial charge in [-0.3, -0.25) is 4.79 Å². The maximum atomic E-state index is 10.9. The van der Waals surface area contributed by atoms with Gasteiger partial charge in [-0.2, -0.15) is 0 Å². The zero-order valence-corrected chi connectivity index (χ0v) is 16.9. The minimum absolute atomic E-state index is 0.0582. The maximum absolute atomic E-state index is 10.9. The van der Waals surface area contributed by atoms with E-state index in [4.69, 9.17) is 9.84 Å². The van der Waals surface area contributed by atoms with Gasteiger partial charge < -0.3 is 20.1 Å². The highest BCUT2D eigenvalue weighted by Crippen LogP contribution is 2.52. The molecule has 29 heavy (non-hydrogen) atoms. The van der Waals surface area contributed by atoms with Gasteiger partial charge in [0.2, 0.25) is 0 Å². The van der Waals surface area contributed by atoms with Crippen LogP contribution in [-0.4, -0.2) is 39.6 Å². The number of carboxylic acids is 1. The molecule has 3 aliphatic rings. The Morgan fingerprint density at radius 2 is 2.03 bits per heavy atom. The average molecular weight is 401 g/mol. The highest BCUT2D eigenvalue weighted by molar-refractivity contribution is 5.67. The summed E-state index contributed by atoms with van der Waals surface area (Å²) in [7, 11) is 0. The number of aliphatic carboxylic acids is 1. The van der Waals surface area contributed by atoms with Crippen molar-refractivity contribution in [1.29, 1.82) is 0 Å². The molecule has 2 aliphatic carbocycles. The lowest BCUT2D eigenvalue weighted by atomic mass is 9.84. The lowest BCUT2D eigenvalue weighted by molar-refractivity contribution is -0.136. The molecule has 5 nitrogen and oxygen atoms in total. The molecule has 0 aromatic heterocycles. The first-order chi connectivity index (χ1) is 14.0. The smallest absolute Gasteiger partial charge is 0.303 e. The number of aryl methyl sites for hydroxylation is 1. The van der Waals surface area contributed by atoms with Gasteiger partial charge in [0.1, 0.15) is 11.9 Å². The number of benzene rings is 1. The quantitative estimate of drug-likeness (QED) is 0.606. The van der Waals surface area contributed by atoms with Gasteiger partial charge in [0, 0.05) is 30.2 Å². The number of aliphatic hydroxyl groups excluding tert-OH is 2. The number of rotatable bonds is 7. The lowest BCUT2D eigenvalue weighted by Crippen LogP contribution is -2.18. The number of ether oxygens (including phenoxy) is 1. The first-order valence-corrected chi connectivity index (χ1v) is 11.1. The molecule has 1 heterocycles. The molecule has 5 atom stereocenters. The fourth-order valence-electron chi connectivity index (χ4n) is 5.51. The third-order valence-corrected chi connectivity index (χ3v) is 6.95. The van der Waals surface area contributed by atoms with E-state index in [1.54, 1.807) is 0 Å². The number of carboxylic acid groups (broad SMARTS) is 1. The molecule has 0 amide bonds. The van der Waals surface area contributed by atoms with Crippen LogP contribution in [0.25, 0.3) is 0 Å². The molecule has 1 aromatic carbocycles. The molecule has 1 unspecified atom stereocenters. The Balaban J connectivity index is 1.46. The largest absolute Gasteiger partial charge is 0.489 e. The second-order valence-electron chi connectivity index (χ2n) is 8.98. The van der Waals surface area contributed by atoms with Crippen LogP contribution in [0.15, 0.2) is 30.4 Å². The van der Waals surface area contributed by atoms with Gasteiger partial charge >= 0.3 is 5.97 Å². The van der Waals surface area contributed by atoms with Crippen LogP contribution in [0.4, 0.5) is 0 Å². The van der Waals surface area contributed by atoms with Crippen molar-refractivity contribution in [1.82, 2.24) is 0 Å². The van der Waals surface area contributed by atoms with Crippen LogP contribution in [0.1, 0.15) is 68.4 Å². The summed E-state index contributed by atoms with van der Waals surface area (Å²) < 4.78 is 6.17. The van der Waals surface area contributed by atoms with E-state index in [2.05, 4.69) is 0 Å². The molecule has 0 saturated heterocycles. The molecule has 158 valence electrons. The van der Waals surface area contributed by atoms with Crippen molar-refractivity contribution in [2.24, 2.45) is 11.8 Å². The molecular weight excluding hydrogens is 368 g/mol. The Labute approximate surface area is 172 Å². The standard InChI is InChI=1S/C24H32O5/c25-17(13-15-5-2-1-3-6-15)10-11-18-20(26)14-21-23(18)19-8-4-7-16(24(19)29-21)9-12-22(27)28/h4,7-8,10-11,15,17-18,20-21,23,25-26H,1-3,5-6,9,12-14H2,(H,27,28)/b11-10+/t17-,18?,20-,21+,23+/m1/s1. The van der Waals surface area contributed by atoms with Crippen LogP contribution >= 0.6 is 0 Å². The first kappa shape index (κ1) is 20.4. The molecule has 0 radical (unpaired) electrons. The van der Waals surface area contributed by atoms with E-state index in [1.165, 1.54) is 32.1 Å². The zero-order chi connectivity index (χ0) is 20.4. The van der Waals surface area contributed by atoms with Gasteiger partial charge in [-0.15, -0.1) is 0 Å². The number of aliphatic hydroxyl groups is 2. The van der Waals surface area contributed by atoms with Crippen LogP contribution in [-0.2, 0) is 11.2 Å². The van der Waals surface area contributed by atoms with Crippen molar-refractivity contribution in [2.45, 2.75) is 82.0 Å². The predicted octanol–water partition coefficient (Wildman–Crippen LogP) is 3.82. The Morgan fingerprint density at radius 1 is 1.24 bits per heavy atom. The fourth-order valence-corrected chi connectivity index (χ4v) is 5.51. The van der Waals surface area contributed by atoms with Gasteiger partial charge in [-0.05, 0) is 24.3 Å². The summed E-state index contributed by atoms with van der Waals surface area (Å²) >= 11 is 0. The van der Waals surface area contributed by atoms with E-state index in [9.17, 15) is 15.0 Å². The lowest BCUT2D eigenvalue weighted by Gasteiger charge is -2.23. The molecule has 2 fully saturated rings. The second-order valence-corrected chi connectivity index (χ2v) is 8.98. The molecule has 3 N–H and O–H groups in total. The Kier molecular flexibility index (Phi) is 6.26. The molecule has 5 heteroatoms. The van der Waals surface area contributed by atoms with Crippen molar-refractivity contribution >= 4 is 5.97 Å². The van der Waals surface area contributed by atoms with E-state index in [0.717, 1.165) is 23.3 Å². The van der Waals surface area contributed by atoms with Gasteiger partial charge in [0.25, 0.3) is 0 Å². The fraction of sp³-hybridized carbons (Fsp3) is 0.625. The number of fused-ring (bicyclic) bond motifs is 3. The van der Waals surface area contributed by atoms with E-state index in [0.29, 0.717) is 18.8 Å². The van der Waals surface area contributed by atoms with E-state index >= 15 is 0 Å². The molecule has 1 aliphatic heterocycles. The van der Waals surface area contributed by atoms with Crippen LogP contribution in [0.2, 0.25) is 0 Å². The number of para-hydroxylation sites is 1. The summed E-state index contributed by atoms with van der Waals surface area (Å²) in [5, 5.41) is 30.1. The minimum Gasteiger partial charge on any atom is -0.489 e. The van der Waals surface area contributed by atoms with Crippen LogP contribution in [0.3, 0.4) is 0 Å². The zero-order valence-electron chi connectivity index (χ0n) is 16.9. The van der Waals surface area contributed by atoms with Gasteiger partial charge in [-0.25, -0.2) is 0 Å². The molecule has 2 saturated carbocycles. The highest BCUT2D eigenvalue weighted by Gasteiger charge is 2.48. The summed E-state index contributed by atoms with van der Waals surface area (Å²) in [6.45, 7) is 0. The first-order valence-electron chi connectivity index (χ1n) is 11.1. The Hall–Kier alpha value is -1.85. The van der Waals surface area contributed by atoms with Crippen molar-refractivity contribution in [2.75, 3.05) is 0 Å². The minimum atomic E-state index is -0.816. The molecule has 4 rings (SSSR count). The third-order valence-electron chi connectivity index (χ3n) is 6.95. The van der Waals surface area contributed by atoms with E-state index in [1.807, 2.05) is 30.4 Å². The monoisotopic (exact) mass is 400 g/mol. The molecular formula is C24H32O5. The summed E-state index contributed by atoms with van der Waals surface area (Å²) in [6, 6.07) is 5.91. The van der Waals surface area contributed by atoms with Crippen LogP contribution in [0, 0.1) is 11.8 Å². The molecule has 1 aromatic rings. The van der Waals surface area contributed by atoms with Crippen LogP contribution < -0.4 is 4.74 Å². The number of hydrogen-bond acceptors (Lipinski definition) is 4. The number of carbonyl (C=O) groups is 1. The summed E-state index contributed by atoms with van der Waals surface area (Å²) in [6.07, 6.45) is 11.0. The predicted molar refractivity (Wildman–Crippen MR) is 110 cm³/mol.